The summed E-state index contributed by atoms with van der Waals surface area (Å²) < 4.78 is 0. The summed E-state index contributed by atoms with van der Waals surface area (Å²) in [5, 5.41) is 3.51. The highest BCUT2D eigenvalue weighted by Gasteiger charge is 2.63. The number of fused-ring (bicyclic) bond motifs is 4. The first-order valence-corrected chi connectivity index (χ1v) is 8.91. The molecule has 4 atom stereocenters. The number of hydrogen-bond donors (Lipinski definition) is 1. The number of nitrogens with one attached hydrogen (secondary N) is 1. The maximum Gasteiger partial charge on any atom is 0.227 e. The number of amides is 1. The fourth-order valence-electron chi connectivity index (χ4n) is 5.44. The molecule has 2 aliphatic heterocycles. The molecule has 1 spiro atoms. The summed E-state index contributed by atoms with van der Waals surface area (Å²) >= 11 is 0. The summed E-state index contributed by atoms with van der Waals surface area (Å²) in [6.07, 6.45) is 6.98. The van der Waals surface area contributed by atoms with Crippen LogP contribution in [0.5, 0.6) is 0 Å². The van der Waals surface area contributed by atoms with Gasteiger partial charge < -0.3 is 10.2 Å². The molecule has 1 aromatic rings. The highest BCUT2D eigenvalue weighted by atomic mass is 16.2. The van der Waals surface area contributed by atoms with Crippen molar-refractivity contribution in [1.29, 1.82) is 0 Å². The second kappa shape index (κ2) is 4.58. The fourth-order valence-corrected chi connectivity index (χ4v) is 5.44. The van der Waals surface area contributed by atoms with Gasteiger partial charge in [-0.3, -0.25) is 4.79 Å². The molecule has 1 aromatic carbocycles. The minimum absolute atomic E-state index is 0.201. The predicted octanol–water partition coefficient (Wildman–Crippen LogP) is 2.24. The number of rotatable bonds is 1. The van der Waals surface area contributed by atoms with Crippen LogP contribution in [0.4, 0.5) is 0 Å². The topological polar surface area (TPSA) is 32.3 Å². The highest BCUT2D eigenvalue weighted by Crippen LogP contribution is 2.62. The number of carbonyl (C=O) groups excluding carboxylic acids is 1. The summed E-state index contributed by atoms with van der Waals surface area (Å²) in [6.45, 7) is 2.07. The molecule has 116 valence electrons. The molecule has 4 aliphatic rings. The lowest BCUT2D eigenvalue weighted by Crippen LogP contribution is -2.44. The van der Waals surface area contributed by atoms with Crippen molar-refractivity contribution in [3.8, 4) is 0 Å². The molecule has 2 aliphatic carbocycles. The fraction of sp³-hybridized carbons (Fsp3) is 0.632. The van der Waals surface area contributed by atoms with E-state index in [1.165, 1.54) is 30.4 Å². The summed E-state index contributed by atoms with van der Waals surface area (Å²) in [7, 11) is 0. The van der Waals surface area contributed by atoms with E-state index in [1.54, 1.807) is 0 Å². The Bertz CT molecular complexity index is 614. The smallest absolute Gasteiger partial charge is 0.227 e. The molecule has 3 nitrogen and oxygen atoms in total. The molecule has 1 amide bonds. The van der Waals surface area contributed by atoms with Gasteiger partial charge in [-0.2, -0.15) is 0 Å². The van der Waals surface area contributed by atoms with Crippen LogP contribution in [0.3, 0.4) is 0 Å². The van der Waals surface area contributed by atoms with Gasteiger partial charge in [-0.25, -0.2) is 0 Å². The van der Waals surface area contributed by atoms with E-state index in [-0.39, 0.29) is 11.3 Å². The van der Waals surface area contributed by atoms with E-state index in [0.29, 0.717) is 18.0 Å². The van der Waals surface area contributed by atoms with Gasteiger partial charge in [-0.1, -0.05) is 24.3 Å². The van der Waals surface area contributed by atoms with E-state index >= 15 is 0 Å². The minimum atomic E-state index is 0.201. The SMILES string of the molecule is O=C(C1CC12CCc1ccccc12)N1C2CCNCC1CC2. The molecule has 2 saturated heterocycles. The zero-order valence-corrected chi connectivity index (χ0v) is 13.1. The van der Waals surface area contributed by atoms with Gasteiger partial charge in [0, 0.05) is 30.0 Å². The molecule has 3 heteroatoms. The Morgan fingerprint density at radius 1 is 1.18 bits per heavy atom. The molecule has 3 fully saturated rings. The third kappa shape index (κ3) is 1.69. The monoisotopic (exact) mass is 296 g/mol. The van der Waals surface area contributed by atoms with Gasteiger partial charge in [0.2, 0.25) is 5.91 Å². The number of hydrogen-bond acceptors (Lipinski definition) is 2. The van der Waals surface area contributed by atoms with Gasteiger partial charge in [0.05, 0.1) is 0 Å². The molecular formula is C19H24N2O. The molecule has 22 heavy (non-hydrogen) atoms. The van der Waals surface area contributed by atoms with Crippen LogP contribution in [0.15, 0.2) is 24.3 Å². The van der Waals surface area contributed by atoms with Crippen LogP contribution in [0.2, 0.25) is 0 Å². The second-order valence-electron chi connectivity index (χ2n) is 7.69. The van der Waals surface area contributed by atoms with Gasteiger partial charge in [0.1, 0.15) is 0 Å². The summed E-state index contributed by atoms with van der Waals surface area (Å²) in [4.78, 5) is 15.5. The number of carbonyl (C=O) groups is 1. The predicted molar refractivity (Wildman–Crippen MR) is 85.7 cm³/mol. The van der Waals surface area contributed by atoms with Gasteiger partial charge >= 0.3 is 0 Å². The average Bonchev–Trinajstić information content (AvgIpc) is 3.02. The highest BCUT2D eigenvalue weighted by molar-refractivity contribution is 5.86. The van der Waals surface area contributed by atoms with Crippen LogP contribution in [0, 0.1) is 5.92 Å². The lowest BCUT2D eigenvalue weighted by molar-refractivity contribution is -0.135. The van der Waals surface area contributed by atoms with Crippen molar-refractivity contribution in [3.63, 3.8) is 0 Å². The molecule has 0 aromatic heterocycles. The van der Waals surface area contributed by atoms with Crippen LogP contribution in [0.25, 0.3) is 0 Å². The van der Waals surface area contributed by atoms with Gasteiger partial charge in [0.15, 0.2) is 0 Å². The van der Waals surface area contributed by atoms with Gasteiger partial charge in [0.25, 0.3) is 0 Å². The van der Waals surface area contributed by atoms with Crippen LogP contribution >= 0.6 is 0 Å². The zero-order chi connectivity index (χ0) is 14.7. The van der Waals surface area contributed by atoms with E-state index in [2.05, 4.69) is 34.5 Å². The van der Waals surface area contributed by atoms with E-state index in [1.807, 2.05) is 0 Å². The average molecular weight is 296 g/mol. The Labute approximate surface area is 132 Å². The van der Waals surface area contributed by atoms with Crippen molar-refractivity contribution in [2.24, 2.45) is 5.92 Å². The second-order valence-corrected chi connectivity index (χ2v) is 7.69. The quantitative estimate of drug-likeness (QED) is 0.862. The molecule has 2 heterocycles. The zero-order valence-electron chi connectivity index (χ0n) is 13.1. The Hall–Kier alpha value is -1.35. The van der Waals surface area contributed by atoms with Gasteiger partial charge in [-0.05, 0) is 56.2 Å². The summed E-state index contributed by atoms with van der Waals surface area (Å²) in [6, 6.07) is 9.76. The Kier molecular flexibility index (Phi) is 2.73. The molecule has 2 bridgehead atoms. The van der Waals surface area contributed by atoms with Crippen LogP contribution < -0.4 is 5.32 Å². The van der Waals surface area contributed by atoms with E-state index in [0.717, 1.165) is 32.4 Å². The van der Waals surface area contributed by atoms with Crippen molar-refractivity contribution in [1.82, 2.24) is 10.2 Å². The number of nitrogens with zero attached hydrogens (tertiary/aromatic N) is 1. The van der Waals surface area contributed by atoms with Crippen LogP contribution in [0.1, 0.15) is 43.2 Å². The Morgan fingerprint density at radius 2 is 2.05 bits per heavy atom. The van der Waals surface area contributed by atoms with Crippen LogP contribution in [-0.2, 0) is 16.6 Å². The van der Waals surface area contributed by atoms with Gasteiger partial charge in [-0.15, -0.1) is 0 Å². The number of benzene rings is 1. The van der Waals surface area contributed by atoms with Crippen LogP contribution in [-0.4, -0.2) is 36.0 Å². The molecule has 1 saturated carbocycles. The van der Waals surface area contributed by atoms with Crippen molar-refractivity contribution >= 4 is 5.91 Å². The third-order valence-corrected chi connectivity index (χ3v) is 6.68. The maximum absolute atomic E-state index is 13.2. The van der Waals surface area contributed by atoms with Crippen molar-refractivity contribution in [3.05, 3.63) is 35.4 Å². The lowest BCUT2D eigenvalue weighted by atomic mass is 9.94. The maximum atomic E-state index is 13.2. The third-order valence-electron chi connectivity index (χ3n) is 6.68. The number of aryl methyl sites for hydroxylation is 1. The Morgan fingerprint density at radius 3 is 3.00 bits per heavy atom. The first kappa shape index (κ1) is 13.1. The van der Waals surface area contributed by atoms with E-state index in [4.69, 9.17) is 0 Å². The van der Waals surface area contributed by atoms with Crippen molar-refractivity contribution in [2.45, 2.75) is 56.0 Å². The first-order chi connectivity index (χ1) is 10.8. The molecule has 1 N–H and O–H groups in total. The standard InChI is InChI=1S/C19H24N2O/c22-18(21-14-5-6-15(21)12-20-10-8-14)17-11-19(17)9-7-13-3-1-2-4-16(13)19/h1-4,14-15,17,20H,5-12H2. The molecule has 4 unspecified atom stereocenters. The Balaban J connectivity index is 1.42. The molecule has 0 radical (unpaired) electrons. The molecule has 5 rings (SSSR count). The van der Waals surface area contributed by atoms with Crippen molar-refractivity contribution < 1.29 is 4.79 Å². The summed E-state index contributed by atoms with van der Waals surface area (Å²) in [5.74, 6) is 0.727. The minimum Gasteiger partial charge on any atom is -0.335 e. The normalized spacial score (nSPS) is 38.9. The molecular weight excluding hydrogens is 272 g/mol. The van der Waals surface area contributed by atoms with E-state index < -0.39 is 0 Å². The first-order valence-electron chi connectivity index (χ1n) is 8.91. The van der Waals surface area contributed by atoms with Crippen molar-refractivity contribution in [2.75, 3.05) is 13.1 Å². The largest absolute Gasteiger partial charge is 0.335 e. The van der Waals surface area contributed by atoms with E-state index in [9.17, 15) is 4.79 Å². The summed E-state index contributed by atoms with van der Waals surface area (Å²) in [5.41, 5.74) is 3.17. The lowest BCUT2D eigenvalue weighted by Gasteiger charge is -2.29.